The maximum absolute atomic E-state index is 14.5. The van der Waals surface area contributed by atoms with Gasteiger partial charge in [0.1, 0.15) is 11.6 Å². The fourth-order valence-corrected chi connectivity index (χ4v) is 3.36. The van der Waals surface area contributed by atoms with E-state index in [0.717, 1.165) is 0 Å². The summed E-state index contributed by atoms with van der Waals surface area (Å²) in [5.41, 5.74) is 0.743. The molecule has 1 aromatic heterocycles. The number of nitrogens with zero attached hydrogens (tertiary/aromatic N) is 1. The second-order valence-electron chi connectivity index (χ2n) is 5.52. The van der Waals surface area contributed by atoms with Crippen molar-refractivity contribution in [2.45, 2.75) is 24.4 Å². The first-order valence-corrected chi connectivity index (χ1v) is 8.42. The number of H-pyrrole nitrogens is 1. The van der Waals surface area contributed by atoms with E-state index in [9.17, 15) is 14.0 Å². The first kappa shape index (κ1) is 16.4. The van der Waals surface area contributed by atoms with Crippen molar-refractivity contribution in [3.05, 3.63) is 63.7 Å². The highest BCUT2D eigenvalue weighted by Gasteiger charge is 2.32. The van der Waals surface area contributed by atoms with Crippen LogP contribution in [-0.2, 0) is 4.79 Å². The van der Waals surface area contributed by atoms with Crippen molar-refractivity contribution >= 4 is 23.5 Å². The van der Waals surface area contributed by atoms with Gasteiger partial charge in [-0.25, -0.2) is 9.37 Å². The number of fused-ring (bicyclic) bond motifs is 1. The molecule has 2 N–H and O–H groups in total. The molecule has 5 nitrogen and oxygen atoms in total. The van der Waals surface area contributed by atoms with Gasteiger partial charge in [-0.2, -0.15) is 0 Å². The summed E-state index contributed by atoms with van der Waals surface area (Å²) in [7, 11) is 0. The molecule has 2 aromatic rings. The lowest BCUT2D eigenvalue weighted by atomic mass is 9.86. The molecule has 0 radical (unpaired) electrons. The molecule has 2 heterocycles. The minimum Gasteiger partial charge on any atom is -0.310 e. The average Bonchev–Trinajstić information content (AvgIpc) is 2.54. The van der Waals surface area contributed by atoms with Crippen LogP contribution in [0.3, 0.4) is 0 Å². The zero-order valence-electron chi connectivity index (χ0n) is 13.1. The van der Waals surface area contributed by atoms with Gasteiger partial charge in [-0.15, -0.1) is 6.58 Å². The van der Waals surface area contributed by atoms with Crippen molar-refractivity contribution in [3.8, 4) is 0 Å². The van der Waals surface area contributed by atoms with Crippen LogP contribution in [0.5, 0.6) is 0 Å². The SMILES string of the molecule is C=CCSc1nc2c(c(=O)[nH]1)C(c1cccc(C)c1F)CC(=O)N2. The van der Waals surface area contributed by atoms with E-state index < -0.39 is 11.7 Å². The maximum Gasteiger partial charge on any atom is 0.257 e. The monoisotopic (exact) mass is 345 g/mol. The number of amides is 1. The van der Waals surface area contributed by atoms with Crippen molar-refractivity contribution in [3.63, 3.8) is 0 Å². The maximum atomic E-state index is 14.5. The molecule has 0 spiro atoms. The lowest BCUT2D eigenvalue weighted by Gasteiger charge is -2.25. The van der Waals surface area contributed by atoms with E-state index >= 15 is 0 Å². The normalized spacial score (nSPS) is 16.4. The topological polar surface area (TPSA) is 74.8 Å². The van der Waals surface area contributed by atoms with Crippen molar-refractivity contribution in [2.75, 3.05) is 11.1 Å². The molecule has 24 heavy (non-hydrogen) atoms. The van der Waals surface area contributed by atoms with Gasteiger partial charge in [0.25, 0.3) is 5.56 Å². The smallest absolute Gasteiger partial charge is 0.257 e. The van der Waals surface area contributed by atoms with Crippen LogP contribution in [0.25, 0.3) is 0 Å². The molecule has 1 aliphatic heterocycles. The number of aryl methyl sites for hydroxylation is 1. The van der Waals surface area contributed by atoms with Gasteiger partial charge in [-0.3, -0.25) is 9.59 Å². The first-order valence-electron chi connectivity index (χ1n) is 7.44. The Labute approximate surface area is 142 Å². The van der Waals surface area contributed by atoms with E-state index in [0.29, 0.717) is 27.6 Å². The summed E-state index contributed by atoms with van der Waals surface area (Å²) in [5, 5.41) is 3.01. The number of hydrogen-bond acceptors (Lipinski definition) is 4. The van der Waals surface area contributed by atoms with E-state index in [2.05, 4.69) is 21.9 Å². The quantitative estimate of drug-likeness (QED) is 0.507. The highest BCUT2D eigenvalue weighted by atomic mass is 32.2. The molecule has 0 saturated heterocycles. The Bertz CT molecular complexity index is 879. The number of rotatable bonds is 4. The molecule has 1 aromatic carbocycles. The molecule has 0 fully saturated rings. The number of aromatic amines is 1. The van der Waals surface area contributed by atoms with E-state index in [1.807, 2.05) is 0 Å². The van der Waals surface area contributed by atoms with E-state index in [1.165, 1.54) is 11.8 Å². The number of carbonyl (C=O) groups excluding carboxylic acids is 1. The fourth-order valence-electron chi connectivity index (χ4n) is 2.76. The van der Waals surface area contributed by atoms with Gasteiger partial charge in [0, 0.05) is 18.1 Å². The minimum atomic E-state index is -0.650. The van der Waals surface area contributed by atoms with E-state index in [4.69, 9.17) is 0 Å². The Kier molecular flexibility index (Phi) is 4.53. The van der Waals surface area contributed by atoms with Gasteiger partial charge in [0.15, 0.2) is 5.16 Å². The molecular formula is C17H16FN3O2S. The van der Waals surface area contributed by atoms with E-state index in [1.54, 1.807) is 31.2 Å². The van der Waals surface area contributed by atoms with Crippen molar-refractivity contribution in [1.29, 1.82) is 0 Å². The Hall–Kier alpha value is -2.41. The van der Waals surface area contributed by atoms with Crippen LogP contribution in [0.15, 0.2) is 40.8 Å². The third-order valence-corrected chi connectivity index (χ3v) is 4.73. The van der Waals surface area contributed by atoms with Gasteiger partial charge in [0.05, 0.1) is 5.56 Å². The predicted molar refractivity (Wildman–Crippen MR) is 92.0 cm³/mol. The van der Waals surface area contributed by atoms with Gasteiger partial charge in [-0.05, 0) is 18.1 Å². The van der Waals surface area contributed by atoms with Gasteiger partial charge >= 0.3 is 0 Å². The molecule has 7 heteroatoms. The molecule has 1 unspecified atom stereocenters. The van der Waals surface area contributed by atoms with Crippen molar-refractivity contribution in [2.24, 2.45) is 0 Å². The Balaban J connectivity index is 2.13. The second kappa shape index (κ2) is 6.60. The highest BCUT2D eigenvalue weighted by molar-refractivity contribution is 7.99. The van der Waals surface area contributed by atoms with Crippen LogP contribution in [-0.4, -0.2) is 21.6 Å². The molecular weight excluding hydrogens is 329 g/mol. The predicted octanol–water partition coefficient (Wildman–Crippen LogP) is 2.97. The zero-order valence-corrected chi connectivity index (χ0v) is 13.9. The number of halogens is 1. The van der Waals surface area contributed by atoms with Crippen LogP contribution in [0.1, 0.15) is 29.0 Å². The molecule has 0 aliphatic carbocycles. The van der Waals surface area contributed by atoms with E-state index in [-0.39, 0.29) is 23.7 Å². The highest BCUT2D eigenvalue weighted by Crippen LogP contribution is 2.36. The summed E-state index contributed by atoms with van der Waals surface area (Å²) >= 11 is 1.30. The Morgan fingerprint density at radius 2 is 2.25 bits per heavy atom. The number of carbonyl (C=O) groups is 1. The molecule has 1 aliphatic rings. The molecule has 1 atom stereocenters. The number of nitrogens with one attached hydrogen (secondary N) is 2. The molecule has 124 valence electrons. The second-order valence-corrected chi connectivity index (χ2v) is 6.52. The first-order chi connectivity index (χ1) is 11.5. The molecule has 1 amide bonds. The van der Waals surface area contributed by atoms with Crippen molar-refractivity contribution < 1.29 is 9.18 Å². The Morgan fingerprint density at radius 3 is 3.00 bits per heavy atom. The van der Waals surface area contributed by atoms with Crippen LogP contribution in [0.4, 0.5) is 10.2 Å². The van der Waals surface area contributed by atoms with Gasteiger partial charge in [-0.1, -0.05) is 36.0 Å². The molecule has 0 bridgehead atoms. The summed E-state index contributed by atoms with van der Waals surface area (Å²) in [6.07, 6.45) is 1.70. The molecule has 0 saturated carbocycles. The number of hydrogen-bond donors (Lipinski definition) is 2. The minimum absolute atomic E-state index is 0.0112. The lowest BCUT2D eigenvalue weighted by Crippen LogP contribution is -2.31. The zero-order chi connectivity index (χ0) is 17.3. The van der Waals surface area contributed by atoms with Gasteiger partial charge in [0.2, 0.25) is 5.91 Å². The summed E-state index contributed by atoms with van der Waals surface area (Å²) < 4.78 is 14.5. The standard InChI is InChI=1S/C17H16FN3O2S/c1-3-7-24-17-20-15-13(16(23)21-17)11(8-12(22)19-15)10-6-4-5-9(2)14(10)18/h3-6,11H,1,7-8H2,2H3,(H2,19,20,21,22,23). The fraction of sp³-hybridized carbons (Fsp3) is 0.235. The van der Waals surface area contributed by atoms with Crippen LogP contribution >= 0.6 is 11.8 Å². The summed E-state index contributed by atoms with van der Waals surface area (Å²) in [6, 6.07) is 4.98. The average molecular weight is 345 g/mol. The molecule has 3 rings (SSSR count). The van der Waals surface area contributed by atoms with Crippen LogP contribution in [0, 0.1) is 12.7 Å². The van der Waals surface area contributed by atoms with Crippen LogP contribution < -0.4 is 10.9 Å². The van der Waals surface area contributed by atoms with Crippen LogP contribution in [0.2, 0.25) is 0 Å². The van der Waals surface area contributed by atoms with Crippen molar-refractivity contribution in [1.82, 2.24) is 9.97 Å². The summed E-state index contributed by atoms with van der Waals surface area (Å²) in [4.78, 5) is 31.5. The van der Waals surface area contributed by atoms with Gasteiger partial charge < -0.3 is 10.3 Å². The third kappa shape index (κ3) is 2.99. The number of benzene rings is 1. The Morgan fingerprint density at radius 1 is 1.46 bits per heavy atom. The lowest BCUT2D eigenvalue weighted by molar-refractivity contribution is -0.116. The summed E-state index contributed by atoms with van der Waals surface area (Å²) in [6.45, 7) is 5.27. The third-order valence-electron chi connectivity index (χ3n) is 3.86. The number of anilines is 1. The summed E-state index contributed by atoms with van der Waals surface area (Å²) in [5.74, 6) is -0.555. The number of aromatic nitrogens is 2. The number of thioether (sulfide) groups is 1. The largest absolute Gasteiger partial charge is 0.310 e.